The first-order valence-electron chi connectivity index (χ1n) is 9.59. The van der Waals surface area contributed by atoms with Gasteiger partial charge in [0, 0.05) is 0 Å². The largest absolute Gasteiger partial charge is 0.386 e. The number of unbranched alkanes of at least 4 members (excludes halogenated alkanes) is 12. The maximum Gasteiger partial charge on any atom is 0.148 e. The third-order valence-electron chi connectivity index (χ3n) is 4.17. The summed E-state index contributed by atoms with van der Waals surface area (Å²) in [7, 11) is 0. The third kappa shape index (κ3) is 17.4. The zero-order valence-electron chi connectivity index (χ0n) is 14.8. The molecule has 2 heteroatoms. The van der Waals surface area contributed by atoms with Crippen LogP contribution in [0.25, 0.3) is 0 Å². The van der Waals surface area contributed by atoms with Crippen LogP contribution in [-0.2, 0) is 4.79 Å². The highest BCUT2D eigenvalue weighted by Crippen LogP contribution is 2.11. The van der Waals surface area contributed by atoms with Crippen molar-refractivity contribution in [1.29, 1.82) is 0 Å². The minimum absolute atomic E-state index is 0.630. The Morgan fingerprint density at radius 2 is 1.18 bits per heavy atom. The number of aliphatic hydroxyl groups is 1. The predicted molar refractivity (Wildman–Crippen MR) is 96.1 cm³/mol. The molecule has 0 amide bonds. The summed E-state index contributed by atoms with van der Waals surface area (Å²) in [5.41, 5.74) is 0. The quantitative estimate of drug-likeness (QED) is 0.204. The van der Waals surface area contributed by atoms with Crippen LogP contribution in [0.4, 0.5) is 0 Å². The second kappa shape index (κ2) is 18.4. The Hall–Kier alpha value is -0.630. The fourth-order valence-electron chi connectivity index (χ4n) is 2.67. The second-order valence-corrected chi connectivity index (χ2v) is 6.43. The minimum Gasteiger partial charge on any atom is -0.386 e. The summed E-state index contributed by atoms with van der Waals surface area (Å²) in [6, 6.07) is 0. The SMILES string of the molecule is CCCCCCCC/C=C\CCCCCCCCC(O)C=O. The summed E-state index contributed by atoms with van der Waals surface area (Å²) < 4.78 is 0. The van der Waals surface area contributed by atoms with Gasteiger partial charge in [-0.05, 0) is 32.1 Å². The third-order valence-corrected chi connectivity index (χ3v) is 4.17. The first-order chi connectivity index (χ1) is 10.8. The summed E-state index contributed by atoms with van der Waals surface area (Å²) >= 11 is 0. The normalized spacial score (nSPS) is 12.8. The predicted octanol–water partition coefficient (Wildman–Crippen LogP) is 5.97. The molecule has 0 aliphatic heterocycles. The second-order valence-electron chi connectivity index (χ2n) is 6.43. The molecule has 1 unspecified atom stereocenters. The number of hydrogen-bond acceptors (Lipinski definition) is 2. The van der Waals surface area contributed by atoms with E-state index in [0.717, 1.165) is 12.8 Å². The molecular formula is C20H38O2. The Morgan fingerprint density at radius 1 is 0.727 bits per heavy atom. The average molecular weight is 311 g/mol. The summed E-state index contributed by atoms with van der Waals surface area (Å²) in [6.07, 6.45) is 23.2. The number of aldehydes is 1. The van der Waals surface area contributed by atoms with Crippen molar-refractivity contribution < 1.29 is 9.90 Å². The van der Waals surface area contributed by atoms with Crippen LogP contribution in [0.2, 0.25) is 0 Å². The highest BCUT2D eigenvalue weighted by atomic mass is 16.3. The van der Waals surface area contributed by atoms with Gasteiger partial charge >= 0.3 is 0 Å². The van der Waals surface area contributed by atoms with E-state index < -0.39 is 6.10 Å². The van der Waals surface area contributed by atoms with Gasteiger partial charge in [0.15, 0.2) is 0 Å². The van der Waals surface area contributed by atoms with E-state index in [2.05, 4.69) is 19.1 Å². The monoisotopic (exact) mass is 310 g/mol. The zero-order valence-corrected chi connectivity index (χ0v) is 14.8. The van der Waals surface area contributed by atoms with E-state index in [-0.39, 0.29) is 0 Å². The van der Waals surface area contributed by atoms with Gasteiger partial charge in [-0.15, -0.1) is 0 Å². The lowest BCUT2D eigenvalue weighted by Crippen LogP contribution is -2.06. The Labute approximate surface area is 138 Å². The molecule has 0 rings (SSSR count). The van der Waals surface area contributed by atoms with Crippen LogP contribution >= 0.6 is 0 Å². The molecule has 0 aromatic carbocycles. The van der Waals surface area contributed by atoms with Crippen LogP contribution in [0.1, 0.15) is 103 Å². The van der Waals surface area contributed by atoms with Gasteiger partial charge in [-0.2, -0.15) is 0 Å². The van der Waals surface area contributed by atoms with Crippen LogP contribution < -0.4 is 0 Å². The van der Waals surface area contributed by atoms with E-state index >= 15 is 0 Å². The molecule has 0 saturated heterocycles. The molecule has 0 bridgehead atoms. The molecule has 0 radical (unpaired) electrons. The van der Waals surface area contributed by atoms with E-state index in [1.165, 1.54) is 77.0 Å². The Morgan fingerprint density at radius 3 is 1.68 bits per heavy atom. The van der Waals surface area contributed by atoms with E-state index in [1.54, 1.807) is 0 Å². The Bertz CT molecular complexity index is 248. The number of rotatable bonds is 17. The summed E-state index contributed by atoms with van der Waals surface area (Å²) in [6.45, 7) is 2.26. The first-order valence-corrected chi connectivity index (χ1v) is 9.59. The smallest absolute Gasteiger partial charge is 0.148 e. The van der Waals surface area contributed by atoms with E-state index in [1.807, 2.05) is 0 Å². The topological polar surface area (TPSA) is 37.3 Å². The lowest BCUT2D eigenvalue weighted by atomic mass is 10.1. The van der Waals surface area contributed by atoms with Crippen molar-refractivity contribution in [2.24, 2.45) is 0 Å². The highest BCUT2D eigenvalue weighted by molar-refractivity contribution is 5.55. The van der Waals surface area contributed by atoms with Gasteiger partial charge in [0.25, 0.3) is 0 Å². The van der Waals surface area contributed by atoms with Gasteiger partial charge in [0.2, 0.25) is 0 Å². The standard InChI is InChI=1S/C20H38O2/c1-2-3-4-5-6-7-8-9-10-11-12-13-14-15-16-17-18-20(22)19-21/h9-10,19-20,22H,2-8,11-18H2,1H3/b10-9-. The van der Waals surface area contributed by atoms with Crippen molar-refractivity contribution in [1.82, 2.24) is 0 Å². The Balaban J connectivity index is 3.09. The molecule has 0 aromatic rings. The van der Waals surface area contributed by atoms with Crippen molar-refractivity contribution in [2.45, 2.75) is 109 Å². The molecule has 0 fully saturated rings. The summed E-state index contributed by atoms with van der Waals surface area (Å²) in [5.74, 6) is 0. The van der Waals surface area contributed by atoms with Crippen LogP contribution in [0.3, 0.4) is 0 Å². The maximum absolute atomic E-state index is 10.2. The Kier molecular flexibility index (Phi) is 17.9. The first kappa shape index (κ1) is 21.4. The zero-order chi connectivity index (χ0) is 16.3. The van der Waals surface area contributed by atoms with E-state index in [9.17, 15) is 4.79 Å². The van der Waals surface area contributed by atoms with Gasteiger partial charge in [-0.25, -0.2) is 0 Å². The van der Waals surface area contributed by atoms with E-state index in [0.29, 0.717) is 12.7 Å². The molecule has 1 atom stereocenters. The van der Waals surface area contributed by atoms with Crippen molar-refractivity contribution >= 4 is 6.29 Å². The van der Waals surface area contributed by atoms with Crippen molar-refractivity contribution in [3.8, 4) is 0 Å². The van der Waals surface area contributed by atoms with Gasteiger partial charge in [0.05, 0.1) is 0 Å². The molecule has 0 aliphatic rings. The number of allylic oxidation sites excluding steroid dienone is 2. The number of carbonyl (C=O) groups is 1. The summed E-state index contributed by atoms with van der Waals surface area (Å²) in [5, 5.41) is 9.10. The molecular weight excluding hydrogens is 272 g/mol. The van der Waals surface area contributed by atoms with Crippen LogP contribution in [0.15, 0.2) is 12.2 Å². The molecule has 22 heavy (non-hydrogen) atoms. The lowest BCUT2D eigenvalue weighted by molar-refractivity contribution is -0.115. The molecule has 0 aromatic heterocycles. The van der Waals surface area contributed by atoms with Crippen LogP contribution in [0.5, 0.6) is 0 Å². The molecule has 130 valence electrons. The van der Waals surface area contributed by atoms with Gasteiger partial charge in [-0.1, -0.05) is 83.3 Å². The fraction of sp³-hybridized carbons (Fsp3) is 0.850. The van der Waals surface area contributed by atoms with E-state index in [4.69, 9.17) is 5.11 Å². The number of carbonyl (C=O) groups excluding carboxylic acids is 1. The van der Waals surface area contributed by atoms with Gasteiger partial charge in [0.1, 0.15) is 12.4 Å². The van der Waals surface area contributed by atoms with Crippen molar-refractivity contribution in [3.63, 3.8) is 0 Å². The summed E-state index contributed by atoms with van der Waals surface area (Å²) in [4.78, 5) is 10.2. The molecule has 2 nitrogen and oxygen atoms in total. The highest BCUT2D eigenvalue weighted by Gasteiger charge is 1.99. The van der Waals surface area contributed by atoms with Gasteiger partial charge < -0.3 is 9.90 Å². The maximum atomic E-state index is 10.2. The molecule has 0 spiro atoms. The number of hydrogen-bond donors (Lipinski definition) is 1. The molecule has 0 saturated carbocycles. The number of aliphatic hydroxyl groups excluding tert-OH is 1. The van der Waals surface area contributed by atoms with Gasteiger partial charge in [-0.3, -0.25) is 0 Å². The minimum atomic E-state index is -0.739. The fourth-order valence-corrected chi connectivity index (χ4v) is 2.67. The molecule has 1 N–H and O–H groups in total. The van der Waals surface area contributed by atoms with Crippen LogP contribution in [-0.4, -0.2) is 17.5 Å². The molecule has 0 aliphatic carbocycles. The van der Waals surface area contributed by atoms with Crippen molar-refractivity contribution in [2.75, 3.05) is 0 Å². The average Bonchev–Trinajstić information content (AvgIpc) is 2.54. The van der Waals surface area contributed by atoms with Crippen LogP contribution in [0, 0.1) is 0 Å². The molecule has 0 heterocycles. The van der Waals surface area contributed by atoms with Crippen molar-refractivity contribution in [3.05, 3.63) is 12.2 Å². The lowest BCUT2D eigenvalue weighted by Gasteiger charge is -2.02.